The van der Waals surface area contributed by atoms with Gasteiger partial charge in [0.2, 0.25) is 11.7 Å². The molecule has 0 aliphatic heterocycles. The minimum Gasteiger partial charge on any atom is -0.493 e. The van der Waals surface area contributed by atoms with Crippen molar-refractivity contribution < 1.29 is 23.8 Å². The average Bonchev–Trinajstić information content (AvgIpc) is 3.19. The van der Waals surface area contributed by atoms with Crippen molar-refractivity contribution in [2.45, 2.75) is 19.3 Å². The number of carbonyl (C=O) groups is 2. The van der Waals surface area contributed by atoms with Crippen LogP contribution in [0, 0.1) is 0 Å². The summed E-state index contributed by atoms with van der Waals surface area (Å²) in [6.45, 7) is 0. The van der Waals surface area contributed by atoms with Crippen LogP contribution >= 0.6 is 0 Å². The molecule has 8 nitrogen and oxygen atoms in total. The van der Waals surface area contributed by atoms with Gasteiger partial charge >= 0.3 is 0 Å². The zero-order valence-electron chi connectivity index (χ0n) is 17.2. The van der Waals surface area contributed by atoms with Gasteiger partial charge in [-0.1, -0.05) is 18.2 Å². The molecule has 0 saturated carbocycles. The van der Waals surface area contributed by atoms with Crippen molar-refractivity contribution in [3.63, 3.8) is 0 Å². The number of carbonyl (C=O) groups excluding carboxylic acids is 2. The maximum Gasteiger partial charge on any atom is 0.269 e. The van der Waals surface area contributed by atoms with Crippen molar-refractivity contribution in [3.8, 4) is 17.2 Å². The van der Waals surface area contributed by atoms with Crippen LogP contribution in [0.1, 0.15) is 28.8 Å². The van der Waals surface area contributed by atoms with Crippen molar-refractivity contribution in [3.05, 3.63) is 53.7 Å². The predicted octanol–water partition coefficient (Wildman–Crippen LogP) is 2.98. The molecule has 3 aromatic rings. The molecule has 0 aliphatic carbocycles. The molecule has 2 aromatic carbocycles. The third-order valence-electron chi connectivity index (χ3n) is 4.77. The molecule has 0 radical (unpaired) electrons. The van der Waals surface area contributed by atoms with Crippen molar-refractivity contribution in [1.82, 2.24) is 15.8 Å². The molecule has 0 atom stereocenters. The molecule has 3 rings (SSSR count). The van der Waals surface area contributed by atoms with Gasteiger partial charge in [-0.3, -0.25) is 20.4 Å². The summed E-state index contributed by atoms with van der Waals surface area (Å²) in [6, 6.07) is 11.1. The Balaban J connectivity index is 1.52. The molecule has 0 saturated heterocycles. The lowest BCUT2D eigenvalue weighted by atomic mass is 10.1. The molecule has 3 N–H and O–H groups in total. The first-order chi connectivity index (χ1) is 14.6. The Morgan fingerprint density at radius 1 is 0.967 bits per heavy atom. The first-order valence-electron chi connectivity index (χ1n) is 9.51. The fourth-order valence-electron chi connectivity index (χ4n) is 3.25. The molecule has 0 fully saturated rings. The van der Waals surface area contributed by atoms with E-state index >= 15 is 0 Å². The number of aromatic amines is 1. The van der Waals surface area contributed by atoms with E-state index in [1.165, 1.54) is 39.0 Å². The fourth-order valence-corrected chi connectivity index (χ4v) is 3.25. The summed E-state index contributed by atoms with van der Waals surface area (Å²) < 4.78 is 15.7. The number of ether oxygens (including phenoxy) is 3. The van der Waals surface area contributed by atoms with Gasteiger partial charge in [-0.15, -0.1) is 0 Å². The maximum absolute atomic E-state index is 12.4. The Morgan fingerprint density at radius 2 is 1.67 bits per heavy atom. The SMILES string of the molecule is COc1cc(C(=O)NNC(=O)CCCc2c[nH]c3ccccc23)cc(OC)c1OC. The summed E-state index contributed by atoms with van der Waals surface area (Å²) in [7, 11) is 4.42. The van der Waals surface area contributed by atoms with E-state index in [0.717, 1.165) is 17.3 Å². The zero-order chi connectivity index (χ0) is 21.5. The number of hydrazine groups is 1. The largest absolute Gasteiger partial charge is 0.493 e. The van der Waals surface area contributed by atoms with Crippen LogP contribution in [0.3, 0.4) is 0 Å². The lowest BCUT2D eigenvalue weighted by Crippen LogP contribution is -2.41. The number of nitrogens with one attached hydrogen (secondary N) is 3. The van der Waals surface area contributed by atoms with Gasteiger partial charge in [0.25, 0.3) is 5.91 Å². The third kappa shape index (κ3) is 4.65. The molecule has 0 bridgehead atoms. The van der Waals surface area contributed by atoms with Crippen molar-refractivity contribution in [2.75, 3.05) is 21.3 Å². The number of para-hydroxylation sites is 1. The van der Waals surface area contributed by atoms with Gasteiger partial charge in [-0.05, 0) is 36.6 Å². The maximum atomic E-state index is 12.4. The van der Waals surface area contributed by atoms with Crippen molar-refractivity contribution in [1.29, 1.82) is 0 Å². The van der Waals surface area contributed by atoms with Crippen LogP contribution in [0.25, 0.3) is 10.9 Å². The Hall–Kier alpha value is -3.68. The van der Waals surface area contributed by atoms with Gasteiger partial charge in [-0.2, -0.15) is 0 Å². The molecule has 2 amide bonds. The second-order valence-corrected chi connectivity index (χ2v) is 6.63. The van der Waals surface area contributed by atoms with Gasteiger partial charge in [0.1, 0.15) is 0 Å². The van der Waals surface area contributed by atoms with Crippen LogP contribution in [0.5, 0.6) is 17.2 Å². The number of hydrogen-bond donors (Lipinski definition) is 3. The number of benzene rings is 2. The number of amides is 2. The quantitative estimate of drug-likeness (QED) is 0.495. The molecular weight excluding hydrogens is 386 g/mol. The number of aromatic nitrogens is 1. The number of rotatable bonds is 8. The Bertz CT molecular complexity index is 1020. The van der Waals surface area contributed by atoms with Crippen molar-refractivity contribution >= 4 is 22.7 Å². The Kier molecular flexibility index (Phi) is 6.79. The second-order valence-electron chi connectivity index (χ2n) is 6.63. The van der Waals surface area contributed by atoms with Crippen LogP contribution in [0.4, 0.5) is 0 Å². The van der Waals surface area contributed by atoms with Gasteiger partial charge in [0, 0.05) is 29.1 Å². The summed E-state index contributed by atoms with van der Waals surface area (Å²) in [5.41, 5.74) is 7.37. The number of methoxy groups -OCH3 is 3. The molecule has 1 aromatic heterocycles. The second kappa shape index (κ2) is 9.69. The van der Waals surface area contributed by atoms with Gasteiger partial charge in [-0.25, -0.2) is 0 Å². The van der Waals surface area contributed by atoms with Crippen LogP contribution < -0.4 is 25.1 Å². The van der Waals surface area contributed by atoms with Gasteiger partial charge in [0.15, 0.2) is 11.5 Å². The monoisotopic (exact) mass is 411 g/mol. The molecule has 8 heteroatoms. The summed E-state index contributed by atoms with van der Waals surface area (Å²) >= 11 is 0. The normalized spacial score (nSPS) is 10.5. The molecule has 0 unspecified atom stereocenters. The summed E-state index contributed by atoms with van der Waals surface area (Å²) in [4.78, 5) is 27.7. The molecule has 0 spiro atoms. The molecular formula is C22H25N3O5. The highest BCUT2D eigenvalue weighted by molar-refractivity contribution is 5.96. The first-order valence-corrected chi connectivity index (χ1v) is 9.51. The third-order valence-corrected chi connectivity index (χ3v) is 4.77. The fraction of sp³-hybridized carbons (Fsp3) is 0.273. The van der Waals surface area contributed by atoms with Crippen LogP contribution in [0.15, 0.2) is 42.6 Å². The van der Waals surface area contributed by atoms with E-state index in [-0.39, 0.29) is 17.9 Å². The molecule has 0 aliphatic rings. The topological polar surface area (TPSA) is 102 Å². The summed E-state index contributed by atoms with van der Waals surface area (Å²) in [5, 5.41) is 1.16. The molecule has 158 valence electrons. The molecule has 1 heterocycles. The lowest BCUT2D eigenvalue weighted by Gasteiger charge is -2.14. The Morgan fingerprint density at radius 3 is 2.33 bits per heavy atom. The number of fused-ring (bicyclic) bond motifs is 1. The lowest BCUT2D eigenvalue weighted by molar-refractivity contribution is -0.121. The number of aryl methyl sites for hydroxylation is 1. The van der Waals surface area contributed by atoms with E-state index in [4.69, 9.17) is 14.2 Å². The van der Waals surface area contributed by atoms with E-state index in [1.54, 1.807) is 0 Å². The van der Waals surface area contributed by atoms with Crippen molar-refractivity contribution in [2.24, 2.45) is 0 Å². The highest BCUT2D eigenvalue weighted by atomic mass is 16.5. The number of hydrogen-bond acceptors (Lipinski definition) is 5. The minimum atomic E-state index is -0.487. The smallest absolute Gasteiger partial charge is 0.269 e. The van der Waals surface area contributed by atoms with Gasteiger partial charge < -0.3 is 19.2 Å². The highest BCUT2D eigenvalue weighted by Crippen LogP contribution is 2.38. The standard InChI is InChI=1S/C22H25N3O5/c1-28-18-11-15(12-19(29-2)21(18)30-3)22(27)25-24-20(26)10-6-7-14-13-23-17-9-5-4-8-16(14)17/h4-5,8-9,11-13,23H,6-7,10H2,1-3H3,(H,24,26)(H,25,27). The van der Waals surface area contributed by atoms with Gasteiger partial charge in [0.05, 0.1) is 21.3 Å². The Labute approximate surface area is 174 Å². The van der Waals surface area contributed by atoms with E-state index in [2.05, 4.69) is 21.9 Å². The predicted molar refractivity (Wildman–Crippen MR) is 113 cm³/mol. The van der Waals surface area contributed by atoms with E-state index in [1.807, 2.05) is 24.4 Å². The van der Waals surface area contributed by atoms with Crippen LogP contribution in [-0.4, -0.2) is 38.1 Å². The first kappa shape index (κ1) is 21.0. The van der Waals surface area contributed by atoms with Crippen LogP contribution in [0.2, 0.25) is 0 Å². The van der Waals surface area contributed by atoms with Crippen LogP contribution in [-0.2, 0) is 11.2 Å². The van der Waals surface area contributed by atoms with E-state index in [9.17, 15) is 9.59 Å². The summed E-state index contributed by atoms with van der Waals surface area (Å²) in [6.07, 6.45) is 3.68. The minimum absolute atomic E-state index is 0.267. The average molecular weight is 411 g/mol. The summed E-state index contributed by atoms with van der Waals surface area (Å²) in [5.74, 6) is 0.340. The number of H-pyrrole nitrogens is 1. The van der Waals surface area contributed by atoms with E-state index < -0.39 is 5.91 Å². The van der Waals surface area contributed by atoms with E-state index in [0.29, 0.717) is 23.7 Å². The molecule has 30 heavy (non-hydrogen) atoms. The zero-order valence-corrected chi connectivity index (χ0v) is 17.2. The highest BCUT2D eigenvalue weighted by Gasteiger charge is 2.17.